The van der Waals surface area contributed by atoms with E-state index in [0.29, 0.717) is 10.7 Å². The molecule has 0 bridgehead atoms. The Bertz CT molecular complexity index is 473. The molecule has 3 rings (SSSR count). The normalized spacial score (nSPS) is 29.2. The number of rotatable bonds is 1. The van der Waals surface area contributed by atoms with E-state index in [2.05, 4.69) is 14.9 Å². The zero-order valence-corrected chi connectivity index (χ0v) is 10.8. The highest BCUT2D eigenvalue weighted by molar-refractivity contribution is 7.71. The second-order valence-corrected chi connectivity index (χ2v) is 5.32. The summed E-state index contributed by atoms with van der Waals surface area (Å²) in [7, 11) is 0. The fourth-order valence-corrected chi connectivity index (χ4v) is 3.01. The topological polar surface area (TPSA) is 41.2 Å². The Balaban J connectivity index is 1.82. The van der Waals surface area contributed by atoms with Crippen molar-refractivity contribution in [3.05, 3.63) is 22.2 Å². The molecule has 5 heteroatoms. The van der Waals surface area contributed by atoms with Gasteiger partial charge in [-0.15, -0.1) is 0 Å². The number of aromatic amines is 1. The first-order chi connectivity index (χ1) is 8.22. The number of nitrogens with one attached hydrogen (secondary N) is 1. The van der Waals surface area contributed by atoms with Gasteiger partial charge in [-0.2, -0.15) is 0 Å². The number of ether oxygens (including phenoxy) is 1. The minimum absolute atomic E-state index is 0.0472. The van der Waals surface area contributed by atoms with Crippen molar-refractivity contribution in [3.63, 3.8) is 0 Å². The minimum atomic E-state index is 0.0472. The first-order valence-corrected chi connectivity index (χ1v) is 6.57. The molecular formula is C12H17N3OS. The molecule has 3 heterocycles. The third kappa shape index (κ3) is 2.27. The van der Waals surface area contributed by atoms with E-state index in [1.807, 2.05) is 13.0 Å². The molecule has 2 aliphatic rings. The minimum Gasteiger partial charge on any atom is -0.367 e. The van der Waals surface area contributed by atoms with Crippen LogP contribution < -0.4 is 0 Å². The molecule has 2 atom stereocenters. The van der Waals surface area contributed by atoms with Crippen LogP contribution >= 0.6 is 12.2 Å². The van der Waals surface area contributed by atoms with Crippen molar-refractivity contribution >= 4 is 12.2 Å². The summed E-state index contributed by atoms with van der Waals surface area (Å²) in [4.78, 5) is 10.2. The predicted octanol–water partition coefficient (Wildman–Crippen LogP) is 1.98. The SMILES string of the molecule is Cc1cc(=S)nc(C2CN3CCCC3CO2)[nH]1. The van der Waals surface area contributed by atoms with Gasteiger partial charge in [-0.25, -0.2) is 4.98 Å². The van der Waals surface area contributed by atoms with Crippen molar-refractivity contribution in [2.75, 3.05) is 19.7 Å². The standard InChI is InChI=1S/C12H17N3OS/c1-8-5-11(17)14-12(13-8)10-6-15-4-2-3-9(15)7-16-10/h5,9-10H,2-4,6-7H2,1H3,(H,13,14,17). The second kappa shape index (κ2) is 4.48. The number of H-pyrrole nitrogens is 1. The highest BCUT2D eigenvalue weighted by Gasteiger charge is 2.33. The molecular weight excluding hydrogens is 234 g/mol. The van der Waals surface area contributed by atoms with E-state index in [1.165, 1.54) is 19.4 Å². The summed E-state index contributed by atoms with van der Waals surface area (Å²) in [5.74, 6) is 0.875. The summed E-state index contributed by atoms with van der Waals surface area (Å²) in [5, 5.41) is 0. The van der Waals surface area contributed by atoms with Gasteiger partial charge in [0.25, 0.3) is 0 Å². The second-order valence-electron chi connectivity index (χ2n) is 4.90. The van der Waals surface area contributed by atoms with Crippen LogP contribution in [0.2, 0.25) is 0 Å². The van der Waals surface area contributed by atoms with Gasteiger partial charge in [-0.3, -0.25) is 4.90 Å². The molecule has 0 aromatic carbocycles. The Hall–Kier alpha value is -0.780. The van der Waals surface area contributed by atoms with Gasteiger partial charge < -0.3 is 9.72 Å². The van der Waals surface area contributed by atoms with Gasteiger partial charge in [0.15, 0.2) is 0 Å². The molecule has 17 heavy (non-hydrogen) atoms. The molecule has 4 nitrogen and oxygen atoms in total. The van der Waals surface area contributed by atoms with Crippen molar-refractivity contribution in [1.82, 2.24) is 14.9 Å². The lowest BCUT2D eigenvalue weighted by atomic mass is 10.2. The summed E-state index contributed by atoms with van der Waals surface area (Å²) in [6.07, 6.45) is 2.60. The molecule has 1 aromatic heterocycles. The number of hydrogen-bond acceptors (Lipinski definition) is 4. The van der Waals surface area contributed by atoms with Crippen LogP contribution in [0.5, 0.6) is 0 Å². The lowest BCUT2D eigenvalue weighted by molar-refractivity contribution is -0.0542. The van der Waals surface area contributed by atoms with Crippen LogP contribution in [0, 0.1) is 11.6 Å². The summed E-state index contributed by atoms with van der Waals surface area (Å²) >= 11 is 5.15. The van der Waals surface area contributed by atoms with Crippen molar-refractivity contribution < 1.29 is 4.74 Å². The van der Waals surface area contributed by atoms with E-state index in [4.69, 9.17) is 17.0 Å². The van der Waals surface area contributed by atoms with Crippen LogP contribution in [0.4, 0.5) is 0 Å². The third-order valence-electron chi connectivity index (χ3n) is 3.59. The van der Waals surface area contributed by atoms with Crippen molar-refractivity contribution in [2.45, 2.75) is 31.9 Å². The average molecular weight is 251 g/mol. The lowest BCUT2D eigenvalue weighted by Gasteiger charge is -2.34. The maximum atomic E-state index is 5.91. The Morgan fingerprint density at radius 2 is 2.47 bits per heavy atom. The molecule has 0 spiro atoms. The van der Waals surface area contributed by atoms with E-state index >= 15 is 0 Å². The van der Waals surface area contributed by atoms with Gasteiger partial charge in [0.2, 0.25) is 0 Å². The first kappa shape index (κ1) is 11.3. The number of morpholine rings is 1. The molecule has 0 amide bonds. The van der Waals surface area contributed by atoms with E-state index in [1.54, 1.807) is 0 Å². The highest BCUT2D eigenvalue weighted by atomic mass is 32.1. The molecule has 0 radical (unpaired) electrons. The van der Waals surface area contributed by atoms with Crippen LogP contribution in [0.1, 0.15) is 30.5 Å². The average Bonchev–Trinajstić information content (AvgIpc) is 2.74. The monoisotopic (exact) mass is 251 g/mol. The molecule has 0 saturated carbocycles. The zero-order chi connectivity index (χ0) is 11.8. The van der Waals surface area contributed by atoms with Crippen LogP contribution in [0.3, 0.4) is 0 Å². The van der Waals surface area contributed by atoms with Gasteiger partial charge in [0.1, 0.15) is 16.6 Å². The maximum Gasteiger partial charge on any atom is 0.138 e. The zero-order valence-electron chi connectivity index (χ0n) is 9.98. The fraction of sp³-hybridized carbons (Fsp3) is 0.667. The van der Waals surface area contributed by atoms with Crippen LogP contribution in [0.15, 0.2) is 6.07 Å². The summed E-state index contributed by atoms with van der Waals surface area (Å²) in [5.41, 5.74) is 1.05. The van der Waals surface area contributed by atoms with Crippen LogP contribution in [-0.2, 0) is 4.74 Å². The van der Waals surface area contributed by atoms with E-state index < -0.39 is 0 Å². The lowest BCUT2D eigenvalue weighted by Crippen LogP contribution is -2.42. The molecule has 0 aliphatic carbocycles. The molecule has 1 N–H and O–H groups in total. The van der Waals surface area contributed by atoms with Gasteiger partial charge in [-0.1, -0.05) is 12.2 Å². The van der Waals surface area contributed by atoms with E-state index in [-0.39, 0.29) is 6.10 Å². The van der Waals surface area contributed by atoms with Crippen molar-refractivity contribution in [1.29, 1.82) is 0 Å². The number of aromatic nitrogens is 2. The fourth-order valence-electron chi connectivity index (χ4n) is 2.74. The Labute approximate surface area is 106 Å². The number of hydrogen-bond donors (Lipinski definition) is 1. The van der Waals surface area contributed by atoms with Gasteiger partial charge in [-0.05, 0) is 32.4 Å². The summed E-state index contributed by atoms with van der Waals surface area (Å²) in [6, 6.07) is 2.50. The molecule has 2 saturated heterocycles. The van der Waals surface area contributed by atoms with E-state index in [0.717, 1.165) is 24.7 Å². The largest absolute Gasteiger partial charge is 0.367 e. The maximum absolute atomic E-state index is 5.91. The predicted molar refractivity (Wildman–Crippen MR) is 67.4 cm³/mol. The quantitative estimate of drug-likeness (QED) is 0.775. The van der Waals surface area contributed by atoms with Crippen molar-refractivity contribution in [3.8, 4) is 0 Å². The number of nitrogens with zero attached hydrogens (tertiary/aromatic N) is 2. The summed E-state index contributed by atoms with van der Waals surface area (Å²) in [6.45, 7) is 4.95. The molecule has 92 valence electrons. The first-order valence-electron chi connectivity index (χ1n) is 6.16. The number of fused-ring (bicyclic) bond motifs is 1. The van der Waals surface area contributed by atoms with E-state index in [9.17, 15) is 0 Å². The third-order valence-corrected chi connectivity index (χ3v) is 3.80. The molecule has 2 unspecified atom stereocenters. The smallest absolute Gasteiger partial charge is 0.138 e. The van der Waals surface area contributed by atoms with Gasteiger partial charge >= 0.3 is 0 Å². The Kier molecular flexibility index (Phi) is 2.98. The van der Waals surface area contributed by atoms with Gasteiger partial charge in [0.05, 0.1) is 6.61 Å². The van der Waals surface area contributed by atoms with Gasteiger partial charge in [0, 0.05) is 18.3 Å². The molecule has 2 fully saturated rings. The molecule has 1 aromatic rings. The van der Waals surface area contributed by atoms with Crippen LogP contribution in [0.25, 0.3) is 0 Å². The Morgan fingerprint density at radius 1 is 1.59 bits per heavy atom. The van der Waals surface area contributed by atoms with Crippen molar-refractivity contribution in [2.24, 2.45) is 0 Å². The summed E-state index contributed by atoms with van der Waals surface area (Å²) < 4.78 is 6.55. The number of aryl methyl sites for hydroxylation is 1. The van der Waals surface area contributed by atoms with Crippen LogP contribution in [-0.4, -0.2) is 40.6 Å². The highest BCUT2D eigenvalue weighted by Crippen LogP contribution is 2.28. The molecule has 2 aliphatic heterocycles. The Morgan fingerprint density at radius 3 is 3.29 bits per heavy atom.